The lowest BCUT2D eigenvalue weighted by Crippen LogP contribution is -2.24. The number of carbonyl (C=O) groups is 1. The van der Waals surface area contributed by atoms with E-state index in [9.17, 15) is 9.90 Å². The Kier molecular flexibility index (Phi) is 4.56. The SMILES string of the molecule is CNC(=O)c1ccc(CN2CCC(C(C)O)C2)cc1. The Bertz CT molecular complexity index is 428. The molecule has 1 saturated heterocycles. The predicted molar refractivity (Wildman–Crippen MR) is 74.9 cm³/mol. The normalized spacial score (nSPS) is 21.3. The van der Waals surface area contributed by atoms with Crippen LogP contribution in [0.4, 0.5) is 0 Å². The zero-order chi connectivity index (χ0) is 13.8. The molecule has 2 rings (SSSR count). The van der Waals surface area contributed by atoms with Crippen LogP contribution in [0.1, 0.15) is 29.3 Å². The first-order valence-corrected chi connectivity index (χ1v) is 6.81. The molecule has 19 heavy (non-hydrogen) atoms. The standard InChI is InChI=1S/C15H22N2O2/c1-11(18)14-7-8-17(10-14)9-12-3-5-13(6-4-12)15(19)16-2/h3-6,11,14,18H,7-10H2,1-2H3,(H,16,19). The number of benzene rings is 1. The molecule has 1 aromatic rings. The number of carbonyl (C=O) groups excluding carboxylic acids is 1. The number of hydrogen-bond acceptors (Lipinski definition) is 3. The van der Waals surface area contributed by atoms with Gasteiger partial charge in [0.15, 0.2) is 0 Å². The molecule has 0 bridgehead atoms. The summed E-state index contributed by atoms with van der Waals surface area (Å²) >= 11 is 0. The second-order valence-electron chi connectivity index (χ2n) is 5.30. The molecular weight excluding hydrogens is 240 g/mol. The summed E-state index contributed by atoms with van der Waals surface area (Å²) in [5.41, 5.74) is 1.90. The van der Waals surface area contributed by atoms with E-state index in [0.29, 0.717) is 11.5 Å². The van der Waals surface area contributed by atoms with Gasteiger partial charge in [-0.25, -0.2) is 0 Å². The van der Waals surface area contributed by atoms with E-state index < -0.39 is 0 Å². The molecule has 4 nitrogen and oxygen atoms in total. The first-order valence-electron chi connectivity index (χ1n) is 6.81. The van der Waals surface area contributed by atoms with Gasteiger partial charge in [0.05, 0.1) is 6.10 Å². The van der Waals surface area contributed by atoms with Crippen LogP contribution in [0, 0.1) is 5.92 Å². The molecule has 2 atom stereocenters. The molecule has 1 heterocycles. The third-order valence-corrected chi connectivity index (χ3v) is 3.84. The van der Waals surface area contributed by atoms with E-state index >= 15 is 0 Å². The highest BCUT2D eigenvalue weighted by molar-refractivity contribution is 5.93. The van der Waals surface area contributed by atoms with Crippen molar-refractivity contribution in [3.63, 3.8) is 0 Å². The molecule has 0 aliphatic carbocycles. The van der Waals surface area contributed by atoms with Gasteiger partial charge in [0.25, 0.3) is 5.91 Å². The highest BCUT2D eigenvalue weighted by Crippen LogP contribution is 2.21. The maximum absolute atomic E-state index is 11.4. The second-order valence-corrected chi connectivity index (χ2v) is 5.30. The van der Waals surface area contributed by atoms with Crippen LogP contribution in [0.25, 0.3) is 0 Å². The lowest BCUT2D eigenvalue weighted by molar-refractivity contribution is 0.0963. The van der Waals surface area contributed by atoms with Crippen LogP contribution in [-0.4, -0.2) is 42.2 Å². The summed E-state index contributed by atoms with van der Waals surface area (Å²) in [6.45, 7) is 4.74. The second kappa shape index (κ2) is 6.17. The average molecular weight is 262 g/mol. The van der Waals surface area contributed by atoms with Crippen molar-refractivity contribution < 1.29 is 9.90 Å². The van der Waals surface area contributed by atoms with Gasteiger partial charge in [-0.1, -0.05) is 12.1 Å². The van der Waals surface area contributed by atoms with Crippen molar-refractivity contribution in [3.05, 3.63) is 35.4 Å². The molecule has 1 aliphatic heterocycles. The number of rotatable bonds is 4. The van der Waals surface area contributed by atoms with Crippen LogP contribution in [0.5, 0.6) is 0 Å². The number of likely N-dealkylation sites (tertiary alicyclic amines) is 1. The molecule has 0 spiro atoms. The summed E-state index contributed by atoms with van der Waals surface area (Å²) in [6.07, 6.45) is 0.842. The van der Waals surface area contributed by atoms with Crippen molar-refractivity contribution >= 4 is 5.91 Å². The highest BCUT2D eigenvalue weighted by atomic mass is 16.3. The summed E-state index contributed by atoms with van der Waals surface area (Å²) in [5.74, 6) is 0.340. The number of nitrogens with one attached hydrogen (secondary N) is 1. The average Bonchev–Trinajstić information content (AvgIpc) is 2.87. The Morgan fingerprint density at radius 3 is 2.68 bits per heavy atom. The minimum Gasteiger partial charge on any atom is -0.393 e. The Balaban J connectivity index is 1.92. The lowest BCUT2D eigenvalue weighted by Gasteiger charge is -2.17. The van der Waals surface area contributed by atoms with Gasteiger partial charge in [-0.15, -0.1) is 0 Å². The Hall–Kier alpha value is -1.39. The number of aliphatic hydroxyl groups excluding tert-OH is 1. The van der Waals surface area contributed by atoms with Crippen molar-refractivity contribution in [1.29, 1.82) is 0 Å². The van der Waals surface area contributed by atoms with Gasteiger partial charge >= 0.3 is 0 Å². The Morgan fingerprint density at radius 1 is 1.47 bits per heavy atom. The van der Waals surface area contributed by atoms with Gasteiger partial charge < -0.3 is 10.4 Å². The monoisotopic (exact) mass is 262 g/mol. The van der Waals surface area contributed by atoms with Gasteiger partial charge in [-0.05, 0) is 43.5 Å². The van der Waals surface area contributed by atoms with Gasteiger partial charge in [0, 0.05) is 25.7 Å². The van der Waals surface area contributed by atoms with Crippen LogP contribution in [0.3, 0.4) is 0 Å². The first-order chi connectivity index (χ1) is 9.10. The van der Waals surface area contributed by atoms with Crippen LogP contribution in [0.2, 0.25) is 0 Å². The molecule has 4 heteroatoms. The van der Waals surface area contributed by atoms with Crippen molar-refractivity contribution in [1.82, 2.24) is 10.2 Å². The molecule has 2 N–H and O–H groups in total. The Morgan fingerprint density at radius 2 is 2.16 bits per heavy atom. The zero-order valence-corrected chi connectivity index (χ0v) is 11.6. The summed E-state index contributed by atoms with van der Waals surface area (Å²) in [4.78, 5) is 13.8. The summed E-state index contributed by atoms with van der Waals surface area (Å²) < 4.78 is 0. The quantitative estimate of drug-likeness (QED) is 0.858. The van der Waals surface area contributed by atoms with Crippen LogP contribution < -0.4 is 5.32 Å². The minimum atomic E-state index is -0.222. The largest absolute Gasteiger partial charge is 0.393 e. The lowest BCUT2D eigenvalue weighted by atomic mass is 10.0. The topological polar surface area (TPSA) is 52.6 Å². The fraction of sp³-hybridized carbons (Fsp3) is 0.533. The Labute approximate surface area is 114 Å². The van der Waals surface area contributed by atoms with Crippen LogP contribution >= 0.6 is 0 Å². The fourth-order valence-corrected chi connectivity index (χ4v) is 2.56. The van der Waals surface area contributed by atoms with E-state index in [1.54, 1.807) is 7.05 Å². The molecule has 1 aromatic carbocycles. The molecule has 0 radical (unpaired) electrons. The van der Waals surface area contributed by atoms with E-state index in [1.165, 1.54) is 5.56 Å². The number of nitrogens with zero attached hydrogens (tertiary/aromatic N) is 1. The molecule has 1 fully saturated rings. The molecular formula is C15H22N2O2. The van der Waals surface area contributed by atoms with Gasteiger partial charge in [-0.3, -0.25) is 9.69 Å². The summed E-state index contributed by atoms with van der Waals surface area (Å²) in [6, 6.07) is 7.72. The molecule has 2 unspecified atom stereocenters. The molecule has 0 saturated carbocycles. The maximum atomic E-state index is 11.4. The van der Waals surface area contributed by atoms with E-state index in [-0.39, 0.29) is 12.0 Å². The van der Waals surface area contributed by atoms with E-state index in [0.717, 1.165) is 26.1 Å². The predicted octanol–water partition coefficient (Wildman–Crippen LogP) is 1.25. The van der Waals surface area contributed by atoms with Crippen molar-refractivity contribution in [2.24, 2.45) is 5.92 Å². The highest BCUT2D eigenvalue weighted by Gasteiger charge is 2.25. The number of amides is 1. The molecule has 1 aliphatic rings. The van der Waals surface area contributed by atoms with Gasteiger partial charge in [0.1, 0.15) is 0 Å². The minimum absolute atomic E-state index is 0.0538. The third-order valence-electron chi connectivity index (χ3n) is 3.84. The van der Waals surface area contributed by atoms with Gasteiger partial charge in [-0.2, -0.15) is 0 Å². The number of hydrogen-bond donors (Lipinski definition) is 2. The maximum Gasteiger partial charge on any atom is 0.251 e. The van der Waals surface area contributed by atoms with Crippen molar-refractivity contribution in [2.45, 2.75) is 26.0 Å². The van der Waals surface area contributed by atoms with Crippen LogP contribution in [-0.2, 0) is 6.54 Å². The molecule has 1 amide bonds. The first kappa shape index (κ1) is 14.0. The van der Waals surface area contributed by atoms with E-state index in [4.69, 9.17) is 0 Å². The zero-order valence-electron chi connectivity index (χ0n) is 11.6. The van der Waals surface area contributed by atoms with Gasteiger partial charge in [0.2, 0.25) is 0 Å². The van der Waals surface area contributed by atoms with E-state index in [1.807, 2.05) is 31.2 Å². The van der Waals surface area contributed by atoms with Crippen molar-refractivity contribution in [3.8, 4) is 0 Å². The molecule has 104 valence electrons. The van der Waals surface area contributed by atoms with Crippen LogP contribution in [0.15, 0.2) is 24.3 Å². The molecule has 0 aromatic heterocycles. The fourth-order valence-electron chi connectivity index (χ4n) is 2.56. The van der Waals surface area contributed by atoms with E-state index in [2.05, 4.69) is 10.2 Å². The summed E-state index contributed by atoms with van der Waals surface area (Å²) in [5, 5.41) is 12.2. The third kappa shape index (κ3) is 3.55. The number of aliphatic hydroxyl groups is 1. The summed E-state index contributed by atoms with van der Waals surface area (Å²) in [7, 11) is 1.64. The van der Waals surface area contributed by atoms with Crippen molar-refractivity contribution in [2.75, 3.05) is 20.1 Å². The smallest absolute Gasteiger partial charge is 0.251 e.